The van der Waals surface area contributed by atoms with Crippen molar-refractivity contribution < 1.29 is 34.7 Å². The van der Waals surface area contributed by atoms with Gasteiger partial charge < -0.3 is 29.9 Å². The van der Waals surface area contributed by atoms with Gasteiger partial charge in [0, 0.05) is 16.5 Å². The molecule has 0 fully saturated rings. The van der Waals surface area contributed by atoms with E-state index in [1.807, 2.05) is 0 Å². The molecule has 3 aromatic rings. The van der Waals surface area contributed by atoms with Crippen LogP contribution in [0.15, 0.2) is 30.3 Å². The lowest BCUT2D eigenvalue weighted by molar-refractivity contribution is 0.0535. The van der Waals surface area contributed by atoms with Crippen molar-refractivity contribution in [3.63, 3.8) is 0 Å². The number of carbonyl (C=O) groups is 1. The number of rotatable bonds is 2. The minimum Gasteiger partial charge on any atom is -0.507 e. The van der Waals surface area contributed by atoms with Crippen molar-refractivity contribution in [2.45, 2.75) is 6.61 Å². The van der Waals surface area contributed by atoms with Crippen molar-refractivity contribution >= 4 is 16.7 Å². The van der Waals surface area contributed by atoms with Gasteiger partial charge in [-0.2, -0.15) is 0 Å². The fourth-order valence-electron chi connectivity index (χ4n) is 3.25. The Labute approximate surface area is 147 Å². The Morgan fingerprint density at radius 3 is 2.31 bits per heavy atom. The zero-order valence-corrected chi connectivity index (χ0v) is 13.6. The summed E-state index contributed by atoms with van der Waals surface area (Å²) in [6, 6.07) is 7.03. The first kappa shape index (κ1) is 15.9. The summed E-state index contributed by atoms with van der Waals surface area (Å²) in [5.74, 6) is -1.45. The van der Waals surface area contributed by atoms with E-state index < -0.39 is 17.5 Å². The van der Waals surface area contributed by atoms with Gasteiger partial charge in [0.1, 0.15) is 12.4 Å². The number of methoxy groups -OCH3 is 1. The summed E-state index contributed by atoms with van der Waals surface area (Å²) in [6.07, 6.45) is 0. The van der Waals surface area contributed by atoms with E-state index in [9.17, 15) is 25.2 Å². The number of hydrogen-bond donors (Lipinski definition) is 4. The van der Waals surface area contributed by atoms with Crippen LogP contribution in [0.2, 0.25) is 0 Å². The van der Waals surface area contributed by atoms with Crippen molar-refractivity contribution in [3.05, 3.63) is 41.5 Å². The van der Waals surface area contributed by atoms with Gasteiger partial charge in [0.2, 0.25) is 0 Å². The molecule has 1 aliphatic rings. The molecule has 1 aliphatic heterocycles. The number of phenols is 4. The highest BCUT2D eigenvalue weighted by Crippen LogP contribution is 2.47. The third kappa shape index (κ3) is 2.10. The average Bonchev–Trinajstić information content (AvgIpc) is 3.00. The number of cyclic esters (lactones) is 1. The molecule has 4 N–H and O–H groups in total. The van der Waals surface area contributed by atoms with Gasteiger partial charge in [0.05, 0.1) is 12.7 Å². The zero-order chi connectivity index (χ0) is 18.6. The van der Waals surface area contributed by atoms with Gasteiger partial charge in [0.15, 0.2) is 23.0 Å². The molecule has 7 heteroatoms. The highest BCUT2D eigenvalue weighted by molar-refractivity contribution is 6.13. The van der Waals surface area contributed by atoms with Gasteiger partial charge in [-0.05, 0) is 35.2 Å². The second kappa shape index (κ2) is 5.45. The van der Waals surface area contributed by atoms with E-state index >= 15 is 0 Å². The Balaban J connectivity index is 2.17. The van der Waals surface area contributed by atoms with Crippen LogP contribution in [0.5, 0.6) is 28.7 Å². The maximum absolute atomic E-state index is 12.3. The number of carbonyl (C=O) groups excluding carboxylic acids is 1. The van der Waals surface area contributed by atoms with Crippen molar-refractivity contribution in [1.29, 1.82) is 0 Å². The molecule has 0 unspecified atom stereocenters. The summed E-state index contributed by atoms with van der Waals surface area (Å²) in [4.78, 5) is 12.3. The molecular weight excluding hydrogens is 340 g/mol. The summed E-state index contributed by atoms with van der Waals surface area (Å²) in [5, 5.41) is 40.7. The molecule has 0 amide bonds. The van der Waals surface area contributed by atoms with Crippen LogP contribution in [0, 0.1) is 0 Å². The number of aromatic hydroxyl groups is 4. The monoisotopic (exact) mass is 354 g/mol. The van der Waals surface area contributed by atoms with Crippen LogP contribution in [0.25, 0.3) is 21.9 Å². The molecule has 0 saturated heterocycles. The molecule has 0 aromatic heterocycles. The molecular formula is C19H14O7. The van der Waals surface area contributed by atoms with Gasteiger partial charge in [-0.15, -0.1) is 0 Å². The molecule has 132 valence electrons. The van der Waals surface area contributed by atoms with Crippen LogP contribution in [0.1, 0.15) is 15.9 Å². The number of benzene rings is 3. The Kier molecular flexibility index (Phi) is 3.33. The van der Waals surface area contributed by atoms with Gasteiger partial charge in [-0.3, -0.25) is 0 Å². The average molecular weight is 354 g/mol. The summed E-state index contributed by atoms with van der Waals surface area (Å²) in [7, 11) is 1.40. The molecule has 4 rings (SSSR count). The lowest BCUT2D eigenvalue weighted by Gasteiger charge is -2.15. The van der Waals surface area contributed by atoms with Crippen LogP contribution in [0.3, 0.4) is 0 Å². The zero-order valence-electron chi connectivity index (χ0n) is 13.6. The smallest absolute Gasteiger partial charge is 0.339 e. The fourth-order valence-corrected chi connectivity index (χ4v) is 3.25. The number of esters is 1. The molecule has 0 aliphatic carbocycles. The van der Waals surface area contributed by atoms with Crippen molar-refractivity contribution in [2.75, 3.05) is 7.11 Å². The van der Waals surface area contributed by atoms with Gasteiger partial charge in [-0.25, -0.2) is 4.79 Å². The Hall–Kier alpha value is -3.61. The van der Waals surface area contributed by atoms with E-state index in [1.54, 1.807) is 6.07 Å². The van der Waals surface area contributed by atoms with E-state index in [2.05, 4.69) is 0 Å². The highest BCUT2D eigenvalue weighted by Gasteiger charge is 2.32. The highest BCUT2D eigenvalue weighted by atomic mass is 16.5. The number of fused-ring (bicyclic) bond motifs is 2. The molecule has 0 spiro atoms. The summed E-state index contributed by atoms with van der Waals surface area (Å²) < 4.78 is 10.2. The standard InChI is InChI=1S/C19H14O7/c1-25-15-4-8(2-3-12(15)20)16-9-5-13(21)14(22)6-10(9)18(23)11-7-26-19(24)17(11)16/h2-6,20-23H,7H2,1H3. The van der Waals surface area contributed by atoms with Crippen LogP contribution in [-0.2, 0) is 11.3 Å². The second-order valence-electron chi connectivity index (χ2n) is 5.93. The first-order chi connectivity index (χ1) is 12.4. The van der Waals surface area contributed by atoms with E-state index in [4.69, 9.17) is 9.47 Å². The fraction of sp³-hybridized carbons (Fsp3) is 0.105. The van der Waals surface area contributed by atoms with Crippen LogP contribution in [0.4, 0.5) is 0 Å². The first-order valence-corrected chi connectivity index (χ1v) is 7.70. The van der Waals surface area contributed by atoms with E-state index in [0.717, 1.165) is 0 Å². The van der Waals surface area contributed by atoms with Crippen molar-refractivity contribution in [2.24, 2.45) is 0 Å². The quantitative estimate of drug-likeness (QED) is 0.413. The minimum absolute atomic E-state index is 0.0703. The van der Waals surface area contributed by atoms with Crippen LogP contribution < -0.4 is 4.74 Å². The third-order valence-electron chi connectivity index (χ3n) is 4.50. The summed E-state index contributed by atoms with van der Waals surface area (Å²) in [6.45, 7) is -0.0974. The van der Waals surface area contributed by atoms with Gasteiger partial charge >= 0.3 is 5.97 Å². The predicted octanol–water partition coefficient (Wildman–Crippen LogP) is 3.01. The molecule has 3 aromatic carbocycles. The van der Waals surface area contributed by atoms with E-state index in [-0.39, 0.29) is 34.8 Å². The maximum atomic E-state index is 12.3. The molecule has 0 radical (unpaired) electrons. The largest absolute Gasteiger partial charge is 0.507 e. The van der Waals surface area contributed by atoms with Gasteiger partial charge in [-0.1, -0.05) is 6.07 Å². The van der Waals surface area contributed by atoms with Crippen molar-refractivity contribution in [3.8, 4) is 39.9 Å². The lowest BCUT2D eigenvalue weighted by atomic mass is 9.89. The van der Waals surface area contributed by atoms with Crippen LogP contribution >= 0.6 is 0 Å². The molecule has 26 heavy (non-hydrogen) atoms. The summed E-state index contributed by atoms with van der Waals surface area (Å²) >= 11 is 0. The summed E-state index contributed by atoms with van der Waals surface area (Å²) in [5.41, 5.74) is 1.40. The second-order valence-corrected chi connectivity index (χ2v) is 5.93. The molecule has 0 bridgehead atoms. The lowest BCUT2D eigenvalue weighted by Crippen LogP contribution is -1.99. The molecule has 0 saturated carbocycles. The topological polar surface area (TPSA) is 116 Å². The van der Waals surface area contributed by atoms with E-state index in [1.165, 1.54) is 31.4 Å². The molecule has 1 heterocycles. The molecule has 7 nitrogen and oxygen atoms in total. The Bertz CT molecular complexity index is 1090. The predicted molar refractivity (Wildman–Crippen MR) is 91.7 cm³/mol. The van der Waals surface area contributed by atoms with Crippen LogP contribution in [-0.4, -0.2) is 33.5 Å². The maximum Gasteiger partial charge on any atom is 0.339 e. The normalized spacial score (nSPS) is 12.9. The van der Waals surface area contributed by atoms with Crippen molar-refractivity contribution in [1.82, 2.24) is 0 Å². The number of hydrogen-bond acceptors (Lipinski definition) is 7. The third-order valence-corrected chi connectivity index (χ3v) is 4.50. The first-order valence-electron chi connectivity index (χ1n) is 7.70. The Morgan fingerprint density at radius 1 is 0.923 bits per heavy atom. The molecule has 0 atom stereocenters. The Morgan fingerprint density at radius 2 is 1.62 bits per heavy atom. The van der Waals surface area contributed by atoms with Gasteiger partial charge in [0.25, 0.3) is 0 Å². The van der Waals surface area contributed by atoms with E-state index in [0.29, 0.717) is 22.1 Å². The minimum atomic E-state index is -0.605. The SMILES string of the molecule is COc1cc(-c2c3c(c(O)c4cc(O)c(O)cc24)COC3=O)ccc1O. The number of ether oxygens (including phenoxy) is 2. The number of phenolic OH excluding ortho intramolecular Hbond substituents is 4.